The normalized spacial score (nSPS) is 10.3. The Morgan fingerprint density at radius 3 is 2.58 bits per heavy atom. The Kier molecular flexibility index (Phi) is 3.62. The first-order valence-electron chi connectivity index (χ1n) is 3.06. The number of halogens is 3. The number of hydrogen-bond donors (Lipinski definition) is 0. The van der Waals surface area contributed by atoms with Crippen molar-refractivity contribution < 1.29 is 13.1 Å². The van der Waals surface area contributed by atoms with Gasteiger partial charge < -0.3 is 4.29 Å². The lowest BCUT2D eigenvalue weighted by atomic mass is 10.3. The van der Waals surface area contributed by atoms with Crippen molar-refractivity contribution in [3.8, 4) is 5.75 Å². The van der Waals surface area contributed by atoms with E-state index < -0.39 is 5.76 Å². The molecule has 12 heavy (non-hydrogen) atoms. The minimum atomic E-state index is -2.46. The summed E-state index contributed by atoms with van der Waals surface area (Å²) in [7, 11) is 0. The van der Waals surface area contributed by atoms with Crippen molar-refractivity contribution in [2.24, 2.45) is 0 Å². The SMILES string of the molecule is FC(F)Sc1ccccc1OCl. The van der Waals surface area contributed by atoms with Gasteiger partial charge in [-0.25, -0.2) is 0 Å². The maximum Gasteiger partial charge on any atom is 0.289 e. The molecule has 0 aliphatic rings. The topological polar surface area (TPSA) is 9.23 Å². The van der Waals surface area contributed by atoms with Crippen molar-refractivity contribution in [2.75, 3.05) is 0 Å². The summed E-state index contributed by atoms with van der Waals surface area (Å²) in [6, 6.07) is 6.35. The molecular formula is C7H5ClF2OS. The molecule has 0 bridgehead atoms. The molecule has 0 saturated heterocycles. The quantitative estimate of drug-likeness (QED) is 0.706. The Hall–Kier alpha value is -0.480. The van der Waals surface area contributed by atoms with Crippen LogP contribution in [0, 0.1) is 0 Å². The van der Waals surface area contributed by atoms with Crippen LogP contribution < -0.4 is 4.29 Å². The number of alkyl halides is 2. The molecule has 1 aromatic rings. The molecule has 0 aliphatic heterocycles. The fourth-order valence-electron chi connectivity index (χ4n) is 0.707. The number of rotatable bonds is 3. The first kappa shape index (κ1) is 9.61. The molecule has 66 valence electrons. The molecular weight excluding hydrogens is 206 g/mol. The third-order valence-electron chi connectivity index (χ3n) is 1.15. The van der Waals surface area contributed by atoms with Gasteiger partial charge in [0, 0.05) is 0 Å². The van der Waals surface area contributed by atoms with Crippen molar-refractivity contribution in [3.05, 3.63) is 24.3 Å². The average molecular weight is 211 g/mol. The summed E-state index contributed by atoms with van der Waals surface area (Å²) < 4.78 is 28.2. The monoisotopic (exact) mass is 210 g/mol. The fraction of sp³-hybridized carbons (Fsp3) is 0.143. The van der Waals surface area contributed by atoms with Crippen molar-refractivity contribution in [3.63, 3.8) is 0 Å². The van der Waals surface area contributed by atoms with Gasteiger partial charge in [-0.1, -0.05) is 23.9 Å². The zero-order chi connectivity index (χ0) is 8.97. The van der Waals surface area contributed by atoms with E-state index in [-0.39, 0.29) is 5.75 Å². The Labute approximate surface area is 77.8 Å². The highest BCUT2D eigenvalue weighted by Crippen LogP contribution is 2.33. The van der Waals surface area contributed by atoms with Crippen LogP contribution in [0.3, 0.4) is 0 Å². The largest absolute Gasteiger partial charge is 0.384 e. The lowest BCUT2D eigenvalue weighted by Gasteiger charge is -2.03. The van der Waals surface area contributed by atoms with E-state index in [1.54, 1.807) is 12.1 Å². The zero-order valence-electron chi connectivity index (χ0n) is 5.84. The van der Waals surface area contributed by atoms with Gasteiger partial charge in [0.05, 0.1) is 4.90 Å². The lowest BCUT2D eigenvalue weighted by molar-refractivity contribution is 0.252. The molecule has 0 saturated carbocycles. The Balaban J connectivity index is 2.82. The molecule has 1 nitrogen and oxygen atoms in total. The van der Waals surface area contributed by atoms with Crippen molar-refractivity contribution in [1.82, 2.24) is 0 Å². The molecule has 0 fully saturated rings. The fourth-order valence-corrected chi connectivity index (χ4v) is 1.46. The van der Waals surface area contributed by atoms with Gasteiger partial charge in [0.25, 0.3) is 5.76 Å². The number of para-hydroxylation sites is 1. The van der Waals surface area contributed by atoms with E-state index in [4.69, 9.17) is 11.9 Å². The van der Waals surface area contributed by atoms with Crippen LogP contribution >= 0.6 is 23.6 Å². The van der Waals surface area contributed by atoms with E-state index in [9.17, 15) is 8.78 Å². The van der Waals surface area contributed by atoms with Crippen LogP contribution in [0.4, 0.5) is 8.78 Å². The lowest BCUT2D eigenvalue weighted by Crippen LogP contribution is -1.84. The second kappa shape index (κ2) is 4.52. The first-order chi connectivity index (χ1) is 5.74. The third-order valence-corrected chi connectivity index (χ3v) is 2.08. The number of benzene rings is 1. The van der Waals surface area contributed by atoms with Crippen LogP contribution in [-0.4, -0.2) is 5.76 Å². The summed E-state index contributed by atoms with van der Waals surface area (Å²) in [5, 5.41) is 0. The predicted molar refractivity (Wildman–Crippen MR) is 44.8 cm³/mol. The highest BCUT2D eigenvalue weighted by Gasteiger charge is 2.09. The average Bonchev–Trinajstić information content (AvgIpc) is 2.04. The third kappa shape index (κ3) is 2.53. The standard InChI is InChI=1S/C7H5ClF2OS/c8-11-5-3-1-2-4-6(5)12-7(9)10/h1-4,7H. The second-order valence-corrected chi connectivity index (χ2v) is 3.09. The van der Waals surface area contributed by atoms with E-state index in [2.05, 4.69) is 4.29 Å². The van der Waals surface area contributed by atoms with Gasteiger partial charge in [-0.2, -0.15) is 8.78 Å². The highest BCUT2D eigenvalue weighted by atomic mass is 35.5. The summed E-state index contributed by atoms with van der Waals surface area (Å²) in [4.78, 5) is 0.336. The van der Waals surface area contributed by atoms with Gasteiger partial charge >= 0.3 is 0 Å². The summed E-state index contributed by atoms with van der Waals surface area (Å²) in [6.45, 7) is 0. The van der Waals surface area contributed by atoms with E-state index in [1.807, 2.05) is 0 Å². The van der Waals surface area contributed by atoms with Crippen LogP contribution in [0.5, 0.6) is 5.75 Å². The molecule has 0 aliphatic carbocycles. The molecule has 0 N–H and O–H groups in total. The maximum atomic E-state index is 11.9. The molecule has 0 aromatic heterocycles. The predicted octanol–water partition coefficient (Wildman–Crippen LogP) is 3.53. The van der Waals surface area contributed by atoms with Gasteiger partial charge in [0.1, 0.15) is 11.9 Å². The summed E-state index contributed by atoms with van der Waals surface area (Å²) in [5.74, 6) is -2.21. The molecule has 0 atom stereocenters. The van der Waals surface area contributed by atoms with E-state index in [0.29, 0.717) is 16.7 Å². The first-order valence-corrected chi connectivity index (χ1v) is 4.25. The van der Waals surface area contributed by atoms with Crippen LogP contribution in [0.25, 0.3) is 0 Å². The molecule has 5 heteroatoms. The van der Waals surface area contributed by atoms with Gasteiger partial charge in [-0.05, 0) is 12.1 Å². The minimum Gasteiger partial charge on any atom is -0.384 e. The minimum absolute atomic E-state index is 0.254. The molecule has 1 rings (SSSR count). The zero-order valence-corrected chi connectivity index (χ0v) is 7.41. The van der Waals surface area contributed by atoms with Crippen molar-refractivity contribution >= 4 is 23.6 Å². The Bertz CT molecular complexity index is 257. The molecule has 0 heterocycles. The van der Waals surface area contributed by atoms with Gasteiger partial charge in [0.2, 0.25) is 0 Å². The van der Waals surface area contributed by atoms with Crippen LogP contribution in [0.15, 0.2) is 29.2 Å². The molecule has 0 amide bonds. The maximum absolute atomic E-state index is 11.9. The van der Waals surface area contributed by atoms with Gasteiger partial charge in [-0.3, -0.25) is 0 Å². The Morgan fingerprint density at radius 1 is 1.33 bits per heavy atom. The van der Waals surface area contributed by atoms with Gasteiger partial charge in [-0.15, -0.1) is 0 Å². The summed E-state index contributed by atoms with van der Waals surface area (Å²) in [5.41, 5.74) is 0. The van der Waals surface area contributed by atoms with Crippen molar-refractivity contribution in [2.45, 2.75) is 10.7 Å². The molecule has 1 aromatic carbocycles. The van der Waals surface area contributed by atoms with E-state index in [1.165, 1.54) is 12.1 Å². The smallest absolute Gasteiger partial charge is 0.289 e. The van der Waals surface area contributed by atoms with E-state index in [0.717, 1.165) is 0 Å². The van der Waals surface area contributed by atoms with Crippen LogP contribution in [-0.2, 0) is 0 Å². The number of thioether (sulfide) groups is 1. The summed E-state index contributed by atoms with van der Waals surface area (Å²) in [6.07, 6.45) is 0. The highest BCUT2D eigenvalue weighted by molar-refractivity contribution is 7.99. The molecule has 0 spiro atoms. The summed E-state index contributed by atoms with van der Waals surface area (Å²) >= 11 is 5.46. The second-order valence-electron chi connectivity index (χ2n) is 1.90. The van der Waals surface area contributed by atoms with Gasteiger partial charge in [0.15, 0.2) is 5.75 Å². The molecule has 0 unspecified atom stereocenters. The van der Waals surface area contributed by atoms with Crippen LogP contribution in [0.2, 0.25) is 0 Å². The van der Waals surface area contributed by atoms with Crippen LogP contribution in [0.1, 0.15) is 0 Å². The van der Waals surface area contributed by atoms with E-state index >= 15 is 0 Å². The van der Waals surface area contributed by atoms with Crippen molar-refractivity contribution in [1.29, 1.82) is 0 Å². The Morgan fingerprint density at radius 2 is 2.00 bits per heavy atom. The number of hydrogen-bond acceptors (Lipinski definition) is 2. The molecule has 0 radical (unpaired) electrons.